The van der Waals surface area contributed by atoms with Crippen molar-refractivity contribution in [2.24, 2.45) is 22.0 Å². The minimum atomic E-state index is -4.36. The number of hydrogen-bond donors (Lipinski definition) is 3. The molecule has 1 aromatic heterocycles. The highest BCUT2D eigenvalue weighted by Crippen LogP contribution is 2.44. The van der Waals surface area contributed by atoms with E-state index < -0.39 is 11.7 Å². The number of benzene rings is 2. The minimum Gasteiger partial charge on any atom is -0.344 e. The molecule has 0 aliphatic rings. The summed E-state index contributed by atoms with van der Waals surface area (Å²) in [7, 11) is 0. The van der Waals surface area contributed by atoms with Crippen molar-refractivity contribution in [1.82, 2.24) is 5.32 Å². The van der Waals surface area contributed by atoms with Gasteiger partial charge in [-0.1, -0.05) is 26.0 Å². The number of amides is 1. The number of nitrogens with zero attached hydrogens (tertiary/aromatic N) is 2. The first-order valence-electron chi connectivity index (χ1n) is 11.9. The second-order valence-corrected chi connectivity index (χ2v) is 11.7. The van der Waals surface area contributed by atoms with Crippen LogP contribution in [0.5, 0.6) is 0 Å². The average molecular weight is 562 g/mol. The van der Waals surface area contributed by atoms with E-state index in [0.29, 0.717) is 10.8 Å². The summed E-state index contributed by atoms with van der Waals surface area (Å²) in [6.45, 7) is 8.21. The molecule has 0 saturated carbocycles. The van der Waals surface area contributed by atoms with Gasteiger partial charge >= 0.3 is 6.18 Å². The maximum absolute atomic E-state index is 13.0. The van der Waals surface area contributed by atoms with Crippen LogP contribution in [0.1, 0.15) is 56.8 Å². The van der Waals surface area contributed by atoms with Crippen molar-refractivity contribution in [1.29, 1.82) is 5.53 Å². The number of thioether (sulfide) groups is 1. The SMILES string of the molecule is Cc1cc(SC(CC(C)C)c2ccc(C(=O)NC/C(N=N)=N\N)s2)cc(C)c1-c1ccc(C(F)(F)F)cc1. The summed E-state index contributed by atoms with van der Waals surface area (Å²) in [4.78, 5) is 15.2. The van der Waals surface area contributed by atoms with Gasteiger partial charge in [-0.05, 0) is 84.8 Å². The lowest BCUT2D eigenvalue weighted by atomic mass is 9.95. The first-order chi connectivity index (χ1) is 17.9. The van der Waals surface area contributed by atoms with Gasteiger partial charge in [0.15, 0.2) is 5.84 Å². The number of aryl methyl sites for hydroxylation is 2. The molecule has 1 unspecified atom stereocenters. The number of amidine groups is 1. The van der Waals surface area contributed by atoms with Crippen LogP contribution in [-0.2, 0) is 6.18 Å². The summed E-state index contributed by atoms with van der Waals surface area (Å²) < 4.78 is 39.0. The third-order valence-electron chi connectivity index (χ3n) is 5.82. The highest BCUT2D eigenvalue weighted by atomic mass is 32.2. The number of nitrogens with two attached hydrogens (primary N) is 1. The van der Waals surface area contributed by atoms with Gasteiger partial charge in [0.25, 0.3) is 5.91 Å². The Bertz CT molecular complexity index is 1290. The molecule has 0 spiro atoms. The number of hydrazone groups is 1. The minimum absolute atomic E-state index is 0.0221. The molecule has 0 saturated heterocycles. The number of nitrogens with one attached hydrogen (secondary N) is 2. The number of carbonyl (C=O) groups excluding carboxylic acids is 1. The van der Waals surface area contributed by atoms with Crippen molar-refractivity contribution in [2.45, 2.75) is 50.4 Å². The van der Waals surface area contributed by atoms with E-state index in [9.17, 15) is 18.0 Å². The maximum Gasteiger partial charge on any atom is 0.416 e. The molecule has 2 aromatic carbocycles. The Morgan fingerprint density at radius 1 is 1.11 bits per heavy atom. The Morgan fingerprint density at radius 2 is 1.74 bits per heavy atom. The fourth-order valence-corrected chi connectivity index (χ4v) is 6.80. The van der Waals surface area contributed by atoms with Crippen molar-refractivity contribution >= 4 is 34.8 Å². The number of rotatable bonds is 9. The van der Waals surface area contributed by atoms with Crippen LogP contribution in [-0.4, -0.2) is 18.3 Å². The molecule has 6 nitrogen and oxygen atoms in total. The average Bonchev–Trinajstić information content (AvgIpc) is 3.34. The Kier molecular flexibility index (Phi) is 9.72. The molecule has 1 atom stereocenters. The van der Waals surface area contributed by atoms with Crippen molar-refractivity contribution in [3.05, 3.63) is 75.0 Å². The van der Waals surface area contributed by atoms with Crippen LogP contribution >= 0.6 is 23.1 Å². The smallest absolute Gasteiger partial charge is 0.344 e. The molecule has 202 valence electrons. The second-order valence-electron chi connectivity index (χ2n) is 9.29. The van der Waals surface area contributed by atoms with Gasteiger partial charge in [-0.2, -0.15) is 18.3 Å². The van der Waals surface area contributed by atoms with E-state index in [2.05, 4.69) is 41.5 Å². The lowest BCUT2D eigenvalue weighted by Crippen LogP contribution is -2.28. The van der Waals surface area contributed by atoms with Crippen LogP contribution in [0.25, 0.3) is 11.1 Å². The lowest BCUT2D eigenvalue weighted by Gasteiger charge is -2.19. The van der Waals surface area contributed by atoms with Crippen molar-refractivity contribution in [2.75, 3.05) is 6.54 Å². The molecule has 0 aliphatic carbocycles. The zero-order chi connectivity index (χ0) is 28.0. The van der Waals surface area contributed by atoms with E-state index in [4.69, 9.17) is 11.4 Å². The van der Waals surface area contributed by atoms with E-state index >= 15 is 0 Å². The van der Waals surface area contributed by atoms with Crippen LogP contribution in [0.3, 0.4) is 0 Å². The van der Waals surface area contributed by atoms with Crippen molar-refractivity contribution < 1.29 is 18.0 Å². The zero-order valence-electron chi connectivity index (χ0n) is 21.5. The van der Waals surface area contributed by atoms with Gasteiger partial charge in [-0.15, -0.1) is 28.2 Å². The van der Waals surface area contributed by atoms with Gasteiger partial charge in [0.05, 0.1) is 17.0 Å². The Hall–Kier alpha value is -3.18. The van der Waals surface area contributed by atoms with E-state index in [0.717, 1.165) is 50.6 Å². The lowest BCUT2D eigenvalue weighted by molar-refractivity contribution is -0.137. The molecule has 1 amide bonds. The Morgan fingerprint density at radius 3 is 2.26 bits per heavy atom. The third kappa shape index (κ3) is 7.44. The van der Waals surface area contributed by atoms with E-state index in [1.165, 1.54) is 23.5 Å². The fraction of sp³-hybridized carbons (Fsp3) is 0.333. The first kappa shape index (κ1) is 29.4. The second kappa shape index (κ2) is 12.6. The van der Waals surface area contributed by atoms with E-state index in [1.54, 1.807) is 17.8 Å². The fourth-order valence-electron chi connectivity index (χ4n) is 4.10. The quantitative estimate of drug-likeness (QED) is 0.0616. The number of alkyl halides is 3. The number of carbonyl (C=O) groups is 1. The Labute approximate surface area is 228 Å². The van der Waals surface area contributed by atoms with Gasteiger partial charge in [0, 0.05) is 15.0 Å². The summed E-state index contributed by atoms with van der Waals surface area (Å²) in [5.74, 6) is 5.29. The van der Waals surface area contributed by atoms with Crippen LogP contribution in [0.4, 0.5) is 13.2 Å². The first-order valence-corrected chi connectivity index (χ1v) is 13.6. The van der Waals surface area contributed by atoms with Crippen LogP contribution in [0.2, 0.25) is 0 Å². The van der Waals surface area contributed by atoms with Crippen molar-refractivity contribution in [3.8, 4) is 11.1 Å². The predicted octanol–water partition coefficient (Wildman–Crippen LogP) is 7.96. The summed E-state index contributed by atoms with van der Waals surface area (Å²) in [5, 5.41) is 9.28. The molecule has 4 N–H and O–H groups in total. The van der Waals surface area contributed by atoms with Crippen LogP contribution < -0.4 is 11.2 Å². The molecule has 0 bridgehead atoms. The standard InChI is InChI=1S/C27H30F3N5OS2/c1-15(2)11-23(21-9-10-22(38-21)26(36)33-14-24(34-31)35-32)37-20-12-16(3)25(17(4)13-20)18-5-7-19(8-6-18)27(28,29)30/h5-10,12-13,15,23,31H,11,14,32H2,1-4H3,(H,33,36)/b34-31?,35-24+. The largest absolute Gasteiger partial charge is 0.416 e. The molecule has 38 heavy (non-hydrogen) atoms. The van der Waals surface area contributed by atoms with Crippen molar-refractivity contribution in [3.63, 3.8) is 0 Å². The summed E-state index contributed by atoms with van der Waals surface area (Å²) >= 11 is 3.13. The Balaban J connectivity index is 1.82. The van der Waals surface area contributed by atoms with Gasteiger partial charge in [0.2, 0.25) is 0 Å². The van der Waals surface area contributed by atoms with E-state index in [-0.39, 0.29) is 23.5 Å². The van der Waals surface area contributed by atoms with Gasteiger partial charge < -0.3 is 11.2 Å². The molecule has 0 radical (unpaired) electrons. The zero-order valence-corrected chi connectivity index (χ0v) is 23.2. The molecule has 3 aromatic rings. The predicted molar refractivity (Wildman–Crippen MR) is 148 cm³/mol. The number of halogens is 3. The molecule has 11 heteroatoms. The summed E-state index contributed by atoms with van der Waals surface area (Å²) in [6, 6.07) is 13.1. The maximum atomic E-state index is 13.0. The number of thiophene rings is 1. The summed E-state index contributed by atoms with van der Waals surface area (Å²) in [5.41, 5.74) is 9.97. The highest BCUT2D eigenvalue weighted by molar-refractivity contribution is 7.99. The molecular weight excluding hydrogens is 531 g/mol. The van der Waals surface area contributed by atoms with Crippen LogP contribution in [0.15, 0.2) is 63.6 Å². The van der Waals surface area contributed by atoms with Gasteiger partial charge in [0.1, 0.15) is 0 Å². The molecular formula is C27H30F3N5OS2. The van der Waals surface area contributed by atoms with E-state index in [1.807, 2.05) is 19.9 Å². The molecule has 1 heterocycles. The van der Waals surface area contributed by atoms with Gasteiger partial charge in [-0.25, -0.2) is 5.53 Å². The topological polar surface area (TPSA) is 104 Å². The number of hydrogen-bond acceptors (Lipinski definition) is 6. The van der Waals surface area contributed by atoms with Crippen LogP contribution in [0, 0.1) is 25.3 Å². The summed E-state index contributed by atoms with van der Waals surface area (Å²) in [6.07, 6.45) is -3.47. The molecule has 3 rings (SSSR count). The normalized spacial score (nSPS) is 13.0. The third-order valence-corrected chi connectivity index (χ3v) is 8.41. The highest BCUT2D eigenvalue weighted by Gasteiger charge is 2.30. The van der Waals surface area contributed by atoms with Gasteiger partial charge in [-0.3, -0.25) is 4.79 Å². The monoisotopic (exact) mass is 561 g/mol. The molecule has 0 fully saturated rings. The molecule has 0 aliphatic heterocycles.